The van der Waals surface area contributed by atoms with Crippen molar-refractivity contribution in [1.29, 1.82) is 0 Å². The molecule has 0 aliphatic carbocycles. The molecule has 4 N–H and O–H groups in total. The van der Waals surface area contributed by atoms with Crippen LogP contribution in [0.3, 0.4) is 0 Å². The van der Waals surface area contributed by atoms with E-state index >= 15 is 0 Å². The van der Waals surface area contributed by atoms with Gasteiger partial charge in [-0.3, -0.25) is 34.4 Å². The zero-order valence-corrected chi connectivity index (χ0v) is 16.2. The van der Waals surface area contributed by atoms with Crippen molar-refractivity contribution in [3.8, 4) is 0 Å². The summed E-state index contributed by atoms with van der Waals surface area (Å²) >= 11 is 0. The third-order valence-electron chi connectivity index (χ3n) is 5.36. The summed E-state index contributed by atoms with van der Waals surface area (Å²) < 4.78 is 0. The van der Waals surface area contributed by atoms with Gasteiger partial charge in [-0.15, -0.1) is 0 Å². The number of nitrogens with zero attached hydrogens (tertiary/aromatic N) is 2. The van der Waals surface area contributed by atoms with E-state index in [1.165, 1.54) is 0 Å². The van der Waals surface area contributed by atoms with Crippen molar-refractivity contribution in [3.63, 3.8) is 0 Å². The predicted octanol–water partition coefficient (Wildman–Crippen LogP) is 0.231. The second-order valence-electron chi connectivity index (χ2n) is 7.20. The van der Waals surface area contributed by atoms with E-state index in [9.17, 15) is 19.2 Å². The highest BCUT2D eigenvalue weighted by molar-refractivity contribution is 6.24. The van der Waals surface area contributed by atoms with Gasteiger partial charge in [-0.2, -0.15) is 0 Å². The maximum absolute atomic E-state index is 13.1. The van der Waals surface area contributed by atoms with Crippen LogP contribution >= 0.6 is 0 Å². The number of carbonyl (C=O) groups excluding carboxylic acids is 4. The summed E-state index contributed by atoms with van der Waals surface area (Å²) in [5.74, 6) is -2.04. The van der Waals surface area contributed by atoms with Gasteiger partial charge < -0.3 is 11.1 Å². The average molecular weight is 407 g/mol. The topological polar surface area (TPSA) is 134 Å². The molecule has 4 amide bonds. The monoisotopic (exact) mass is 407 g/mol. The van der Waals surface area contributed by atoms with E-state index in [1.54, 1.807) is 24.4 Å². The first-order valence-electron chi connectivity index (χ1n) is 9.68. The molecule has 1 unspecified atom stereocenters. The summed E-state index contributed by atoms with van der Waals surface area (Å²) in [6.07, 6.45) is 1.91. The molecule has 3 heterocycles. The van der Waals surface area contributed by atoms with Crippen LogP contribution in [0.15, 0.2) is 36.5 Å². The molecule has 1 saturated heterocycles. The lowest BCUT2D eigenvalue weighted by Gasteiger charge is -2.27. The Hall–Kier alpha value is -3.43. The van der Waals surface area contributed by atoms with E-state index in [0.717, 1.165) is 16.2 Å². The summed E-state index contributed by atoms with van der Waals surface area (Å²) in [6, 6.07) is 7.85. The third-order valence-corrected chi connectivity index (χ3v) is 5.36. The Balaban J connectivity index is 1.53. The lowest BCUT2D eigenvalue weighted by molar-refractivity contribution is -0.136. The van der Waals surface area contributed by atoms with Crippen molar-refractivity contribution < 1.29 is 19.2 Å². The normalized spacial score (nSPS) is 18.6. The quantitative estimate of drug-likeness (QED) is 0.584. The van der Waals surface area contributed by atoms with E-state index in [4.69, 9.17) is 5.73 Å². The van der Waals surface area contributed by atoms with Crippen molar-refractivity contribution in [3.05, 3.63) is 64.5 Å². The van der Waals surface area contributed by atoms with Gasteiger partial charge in [0.05, 0.1) is 16.8 Å². The van der Waals surface area contributed by atoms with Crippen LogP contribution in [0.25, 0.3) is 0 Å². The number of benzene rings is 1. The molecule has 9 nitrogen and oxygen atoms in total. The highest BCUT2D eigenvalue weighted by atomic mass is 16.2. The van der Waals surface area contributed by atoms with E-state index in [-0.39, 0.29) is 18.4 Å². The van der Waals surface area contributed by atoms with Crippen LogP contribution in [-0.4, -0.2) is 39.6 Å². The molecule has 1 aromatic heterocycles. The molecule has 1 atom stereocenters. The van der Waals surface area contributed by atoms with Gasteiger partial charge in [0, 0.05) is 32.3 Å². The third kappa shape index (κ3) is 3.49. The van der Waals surface area contributed by atoms with Gasteiger partial charge in [0.2, 0.25) is 11.8 Å². The summed E-state index contributed by atoms with van der Waals surface area (Å²) in [5, 5.41) is 5.46. The average Bonchev–Trinajstić information content (AvgIpc) is 3.00. The molecule has 1 aromatic carbocycles. The summed E-state index contributed by atoms with van der Waals surface area (Å²) in [5.41, 5.74) is 8.70. The number of aromatic nitrogens is 1. The summed E-state index contributed by atoms with van der Waals surface area (Å²) in [6.45, 7) is 1.18. The van der Waals surface area contributed by atoms with Crippen LogP contribution in [0.4, 0.5) is 0 Å². The Labute approximate surface area is 172 Å². The SMILES string of the molecule is NCc1ncccc1CNCc1cccc2c1C(=O)N(C1CCC(=O)NC1=O)C2=O. The van der Waals surface area contributed by atoms with E-state index in [0.29, 0.717) is 30.8 Å². The molecule has 30 heavy (non-hydrogen) atoms. The first-order valence-corrected chi connectivity index (χ1v) is 9.68. The first-order chi connectivity index (χ1) is 14.5. The molecule has 9 heteroatoms. The van der Waals surface area contributed by atoms with Crippen LogP contribution in [0.2, 0.25) is 0 Å². The fraction of sp³-hybridized carbons (Fsp3) is 0.286. The molecule has 0 radical (unpaired) electrons. The highest BCUT2D eigenvalue weighted by Crippen LogP contribution is 2.29. The number of amides is 4. The standard InChI is InChI=1S/C21H21N5O4/c22-9-15-12(4-2-8-24-15)10-23-11-13-3-1-5-14-18(13)21(30)26(20(14)29)16-6-7-17(27)25-19(16)28/h1-5,8,16,23H,6-7,9-11,22H2,(H,25,27,28). The number of carbonyl (C=O) groups is 4. The number of pyridine rings is 1. The number of fused-ring (bicyclic) bond motifs is 1. The number of piperidine rings is 1. The predicted molar refractivity (Wildman–Crippen MR) is 106 cm³/mol. The van der Waals surface area contributed by atoms with Crippen LogP contribution in [0.5, 0.6) is 0 Å². The number of rotatable bonds is 6. The van der Waals surface area contributed by atoms with Gasteiger partial charge in [0.25, 0.3) is 11.8 Å². The van der Waals surface area contributed by atoms with E-state index in [2.05, 4.69) is 15.6 Å². The van der Waals surface area contributed by atoms with Crippen LogP contribution in [-0.2, 0) is 29.2 Å². The van der Waals surface area contributed by atoms with Gasteiger partial charge in [0.1, 0.15) is 6.04 Å². The molecule has 4 rings (SSSR count). The fourth-order valence-corrected chi connectivity index (χ4v) is 3.88. The van der Waals surface area contributed by atoms with Crippen LogP contribution < -0.4 is 16.4 Å². The Morgan fingerprint density at radius 3 is 2.60 bits per heavy atom. The summed E-state index contributed by atoms with van der Waals surface area (Å²) in [4.78, 5) is 54.8. The van der Waals surface area contributed by atoms with Crippen molar-refractivity contribution in [2.75, 3.05) is 0 Å². The molecule has 0 bridgehead atoms. The van der Waals surface area contributed by atoms with Gasteiger partial charge in [-0.05, 0) is 29.7 Å². The van der Waals surface area contributed by atoms with Crippen molar-refractivity contribution in [1.82, 2.24) is 20.5 Å². The lowest BCUT2D eigenvalue weighted by atomic mass is 10.0. The number of nitrogens with two attached hydrogens (primary N) is 1. The molecular weight excluding hydrogens is 386 g/mol. The molecule has 2 aromatic rings. The molecule has 154 valence electrons. The minimum absolute atomic E-state index is 0.0901. The Morgan fingerprint density at radius 1 is 1.07 bits per heavy atom. The van der Waals surface area contributed by atoms with Gasteiger partial charge in [-0.25, -0.2) is 0 Å². The number of imide groups is 2. The largest absolute Gasteiger partial charge is 0.325 e. The van der Waals surface area contributed by atoms with Crippen LogP contribution in [0.1, 0.15) is 50.4 Å². The van der Waals surface area contributed by atoms with E-state index < -0.39 is 29.7 Å². The first kappa shape index (κ1) is 19.9. The molecule has 0 spiro atoms. The fourth-order valence-electron chi connectivity index (χ4n) is 3.88. The zero-order valence-electron chi connectivity index (χ0n) is 16.2. The maximum Gasteiger partial charge on any atom is 0.262 e. The maximum atomic E-state index is 13.1. The Bertz CT molecular complexity index is 1050. The number of hydrogen-bond donors (Lipinski definition) is 3. The van der Waals surface area contributed by atoms with Gasteiger partial charge in [0.15, 0.2) is 0 Å². The second kappa shape index (κ2) is 8.13. The van der Waals surface area contributed by atoms with Crippen LogP contribution in [0, 0.1) is 0 Å². The van der Waals surface area contributed by atoms with Crippen molar-refractivity contribution in [2.45, 2.75) is 38.5 Å². The van der Waals surface area contributed by atoms with Crippen molar-refractivity contribution in [2.24, 2.45) is 5.73 Å². The molecule has 1 fully saturated rings. The van der Waals surface area contributed by atoms with Gasteiger partial charge in [-0.1, -0.05) is 18.2 Å². The minimum Gasteiger partial charge on any atom is -0.325 e. The van der Waals surface area contributed by atoms with E-state index in [1.807, 2.05) is 12.1 Å². The Kier molecular flexibility index (Phi) is 5.39. The smallest absolute Gasteiger partial charge is 0.262 e. The summed E-state index contributed by atoms with van der Waals surface area (Å²) in [7, 11) is 0. The van der Waals surface area contributed by atoms with Gasteiger partial charge >= 0.3 is 0 Å². The highest BCUT2D eigenvalue weighted by Gasteiger charge is 2.45. The minimum atomic E-state index is -0.974. The second-order valence-corrected chi connectivity index (χ2v) is 7.20. The zero-order chi connectivity index (χ0) is 21.3. The van der Waals surface area contributed by atoms with Crippen molar-refractivity contribution >= 4 is 23.6 Å². The number of nitrogens with one attached hydrogen (secondary N) is 2. The Morgan fingerprint density at radius 2 is 1.83 bits per heavy atom. The number of hydrogen-bond acceptors (Lipinski definition) is 7. The lowest BCUT2D eigenvalue weighted by Crippen LogP contribution is -2.54. The molecule has 2 aliphatic heterocycles. The molecule has 0 saturated carbocycles. The molecular formula is C21H21N5O4. The molecule has 2 aliphatic rings.